The smallest absolute Gasteiger partial charge is 0.192 e. The predicted octanol–water partition coefficient (Wildman–Crippen LogP) is 5.20. The van der Waals surface area contributed by atoms with E-state index < -0.39 is 0 Å². The molecule has 0 saturated carbocycles. The first-order chi connectivity index (χ1) is 14.0. The minimum Gasteiger partial charge on any atom is -0.486 e. The van der Waals surface area contributed by atoms with Crippen molar-refractivity contribution in [3.63, 3.8) is 0 Å². The molecule has 3 aromatic rings. The average Bonchev–Trinajstić information content (AvgIpc) is 3.08. The molecule has 1 atom stereocenters. The molecule has 0 amide bonds. The van der Waals surface area contributed by atoms with Crippen molar-refractivity contribution >= 4 is 29.1 Å². The molecule has 150 valence electrons. The number of hydrogen-bond donors (Lipinski definition) is 0. The van der Waals surface area contributed by atoms with Gasteiger partial charge < -0.3 is 4.74 Å². The van der Waals surface area contributed by atoms with Gasteiger partial charge in [-0.05, 0) is 43.3 Å². The molecule has 0 aliphatic rings. The summed E-state index contributed by atoms with van der Waals surface area (Å²) in [5, 5.41) is 9.11. The standard InChI is InChI=1S/C21H19ClFN3O2S/c1-3-11-26-19(13-28-18-9-7-17(23)8-10-18)24-25-21(26)29-14(2)20(27)15-5-4-6-16(22)12-15/h3-10,12,14H,1,11,13H2,2H3. The number of aromatic nitrogens is 3. The Morgan fingerprint density at radius 1 is 1.31 bits per heavy atom. The van der Waals surface area contributed by atoms with Gasteiger partial charge in [0.1, 0.15) is 18.2 Å². The van der Waals surface area contributed by atoms with Crippen LogP contribution in [0.3, 0.4) is 0 Å². The van der Waals surface area contributed by atoms with Crippen molar-refractivity contribution in [1.82, 2.24) is 14.8 Å². The van der Waals surface area contributed by atoms with Crippen LogP contribution < -0.4 is 4.74 Å². The third-order valence-corrected chi connectivity index (χ3v) is 5.36. The number of hydrogen-bond acceptors (Lipinski definition) is 5. The van der Waals surface area contributed by atoms with E-state index in [1.54, 1.807) is 42.5 Å². The van der Waals surface area contributed by atoms with E-state index in [1.807, 2.05) is 11.5 Å². The number of halogens is 2. The topological polar surface area (TPSA) is 57.0 Å². The van der Waals surface area contributed by atoms with Gasteiger partial charge in [-0.1, -0.05) is 41.6 Å². The van der Waals surface area contributed by atoms with Gasteiger partial charge in [0.15, 0.2) is 16.8 Å². The van der Waals surface area contributed by atoms with E-state index >= 15 is 0 Å². The highest BCUT2D eigenvalue weighted by atomic mass is 35.5. The SMILES string of the molecule is C=CCn1c(COc2ccc(F)cc2)nnc1SC(C)C(=O)c1cccc(Cl)c1. The summed E-state index contributed by atoms with van der Waals surface area (Å²) >= 11 is 7.29. The first-order valence-electron chi connectivity index (χ1n) is 8.85. The van der Waals surface area contributed by atoms with E-state index in [0.717, 1.165) is 0 Å². The maximum atomic E-state index is 13.0. The van der Waals surface area contributed by atoms with Crippen molar-refractivity contribution in [2.45, 2.75) is 30.5 Å². The molecular weight excluding hydrogens is 413 g/mol. The van der Waals surface area contributed by atoms with Crippen LogP contribution in [0, 0.1) is 5.82 Å². The molecule has 29 heavy (non-hydrogen) atoms. The molecule has 0 aliphatic carbocycles. The number of carbonyl (C=O) groups excluding carboxylic acids is 1. The minimum absolute atomic E-state index is 0.0465. The van der Waals surface area contributed by atoms with Gasteiger partial charge in [0.05, 0.1) is 5.25 Å². The number of benzene rings is 2. The van der Waals surface area contributed by atoms with Gasteiger partial charge in [-0.2, -0.15) is 0 Å². The Balaban J connectivity index is 1.72. The Kier molecular flexibility index (Phi) is 7.06. The number of carbonyl (C=O) groups is 1. The molecule has 1 unspecified atom stereocenters. The molecule has 0 fully saturated rings. The number of thioether (sulfide) groups is 1. The van der Waals surface area contributed by atoms with Gasteiger partial charge in [-0.25, -0.2) is 4.39 Å². The maximum absolute atomic E-state index is 13.0. The van der Waals surface area contributed by atoms with Crippen LogP contribution in [0.4, 0.5) is 4.39 Å². The fourth-order valence-electron chi connectivity index (χ4n) is 2.59. The monoisotopic (exact) mass is 431 g/mol. The van der Waals surface area contributed by atoms with Crippen molar-refractivity contribution in [2.24, 2.45) is 0 Å². The van der Waals surface area contributed by atoms with E-state index in [0.29, 0.717) is 33.9 Å². The van der Waals surface area contributed by atoms with Crippen molar-refractivity contribution in [1.29, 1.82) is 0 Å². The lowest BCUT2D eigenvalue weighted by Crippen LogP contribution is -2.15. The molecule has 2 aromatic carbocycles. The molecule has 0 spiro atoms. The van der Waals surface area contributed by atoms with Gasteiger partial charge in [-0.3, -0.25) is 9.36 Å². The van der Waals surface area contributed by atoms with Crippen LogP contribution in [-0.2, 0) is 13.2 Å². The highest BCUT2D eigenvalue weighted by Gasteiger charge is 2.21. The van der Waals surface area contributed by atoms with Crippen LogP contribution in [0.15, 0.2) is 66.3 Å². The normalized spacial score (nSPS) is 11.8. The lowest BCUT2D eigenvalue weighted by atomic mass is 10.1. The molecule has 0 aliphatic heterocycles. The van der Waals surface area contributed by atoms with E-state index in [-0.39, 0.29) is 23.5 Å². The summed E-state index contributed by atoms with van der Waals surface area (Å²) in [6, 6.07) is 12.6. The molecule has 0 radical (unpaired) electrons. The Morgan fingerprint density at radius 2 is 2.07 bits per heavy atom. The lowest BCUT2D eigenvalue weighted by molar-refractivity contribution is 0.0994. The summed E-state index contributed by atoms with van der Waals surface area (Å²) in [6.07, 6.45) is 1.72. The number of ketones is 1. The highest BCUT2D eigenvalue weighted by Crippen LogP contribution is 2.26. The van der Waals surface area contributed by atoms with Crippen molar-refractivity contribution in [2.75, 3.05) is 0 Å². The summed E-state index contributed by atoms with van der Waals surface area (Å²) in [5.41, 5.74) is 0.548. The number of allylic oxidation sites excluding steroid dienone is 1. The summed E-state index contributed by atoms with van der Waals surface area (Å²) < 4.78 is 20.5. The van der Waals surface area contributed by atoms with Crippen LogP contribution in [0.25, 0.3) is 0 Å². The second kappa shape index (κ2) is 9.71. The fraction of sp³-hybridized carbons (Fsp3) is 0.190. The van der Waals surface area contributed by atoms with Gasteiger partial charge in [0.25, 0.3) is 0 Å². The van der Waals surface area contributed by atoms with E-state index in [2.05, 4.69) is 16.8 Å². The summed E-state index contributed by atoms with van der Waals surface area (Å²) in [7, 11) is 0. The largest absolute Gasteiger partial charge is 0.486 e. The van der Waals surface area contributed by atoms with Crippen LogP contribution in [0.5, 0.6) is 5.75 Å². The van der Waals surface area contributed by atoms with Gasteiger partial charge >= 0.3 is 0 Å². The molecule has 1 aromatic heterocycles. The zero-order chi connectivity index (χ0) is 20.8. The molecule has 5 nitrogen and oxygen atoms in total. The summed E-state index contributed by atoms with van der Waals surface area (Å²) in [6.45, 7) is 6.21. The second-order valence-corrected chi connectivity index (χ2v) is 7.92. The van der Waals surface area contributed by atoms with Crippen LogP contribution in [0.2, 0.25) is 5.02 Å². The first-order valence-corrected chi connectivity index (χ1v) is 10.1. The number of nitrogens with zero attached hydrogens (tertiary/aromatic N) is 3. The zero-order valence-corrected chi connectivity index (χ0v) is 17.3. The predicted molar refractivity (Wildman–Crippen MR) is 112 cm³/mol. The minimum atomic E-state index is -0.382. The van der Waals surface area contributed by atoms with Crippen molar-refractivity contribution in [3.05, 3.63) is 83.4 Å². The Labute approximate surface area is 177 Å². The molecular formula is C21H19ClFN3O2S. The molecule has 8 heteroatoms. The molecule has 0 bridgehead atoms. The second-order valence-electron chi connectivity index (χ2n) is 6.18. The maximum Gasteiger partial charge on any atom is 0.192 e. The van der Waals surface area contributed by atoms with Crippen molar-refractivity contribution in [3.8, 4) is 5.75 Å². The lowest BCUT2D eigenvalue weighted by Gasteiger charge is -2.12. The highest BCUT2D eigenvalue weighted by molar-refractivity contribution is 8.00. The third kappa shape index (κ3) is 5.46. The quantitative estimate of drug-likeness (QED) is 0.265. The van der Waals surface area contributed by atoms with Gasteiger partial charge in [0.2, 0.25) is 0 Å². The molecule has 1 heterocycles. The summed E-state index contributed by atoms with van der Waals surface area (Å²) in [5.74, 6) is 0.733. The van der Waals surface area contributed by atoms with Crippen LogP contribution >= 0.6 is 23.4 Å². The van der Waals surface area contributed by atoms with E-state index in [1.165, 1.54) is 23.9 Å². The van der Waals surface area contributed by atoms with Crippen LogP contribution in [-0.4, -0.2) is 25.8 Å². The summed E-state index contributed by atoms with van der Waals surface area (Å²) in [4.78, 5) is 12.7. The zero-order valence-electron chi connectivity index (χ0n) is 15.7. The molecule has 0 saturated heterocycles. The average molecular weight is 432 g/mol. The Bertz CT molecular complexity index is 1010. The Morgan fingerprint density at radius 3 is 2.76 bits per heavy atom. The number of Topliss-reactive ketones (excluding diaryl/α,β-unsaturated/α-hetero) is 1. The van der Waals surface area contributed by atoms with E-state index in [9.17, 15) is 9.18 Å². The Hall–Kier alpha value is -2.64. The van der Waals surface area contributed by atoms with Crippen molar-refractivity contribution < 1.29 is 13.9 Å². The number of ether oxygens (including phenoxy) is 1. The van der Waals surface area contributed by atoms with Gasteiger partial charge in [-0.15, -0.1) is 16.8 Å². The van der Waals surface area contributed by atoms with Crippen LogP contribution in [0.1, 0.15) is 23.1 Å². The first kappa shape index (κ1) is 21.1. The fourth-order valence-corrected chi connectivity index (χ4v) is 3.74. The number of rotatable bonds is 9. The molecule has 0 N–H and O–H groups in total. The van der Waals surface area contributed by atoms with E-state index in [4.69, 9.17) is 16.3 Å². The molecule has 3 rings (SSSR count). The van der Waals surface area contributed by atoms with Gasteiger partial charge in [0, 0.05) is 17.1 Å². The third-order valence-electron chi connectivity index (χ3n) is 4.05.